The van der Waals surface area contributed by atoms with Crippen LogP contribution in [-0.2, 0) is 4.79 Å². The van der Waals surface area contributed by atoms with Gasteiger partial charge in [0, 0.05) is 26.1 Å². The Balaban J connectivity index is 1.76. The van der Waals surface area contributed by atoms with Crippen molar-refractivity contribution >= 4 is 17.8 Å². The highest BCUT2D eigenvalue weighted by Gasteiger charge is 2.18. The molecule has 1 aliphatic heterocycles. The van der Waals surface area contributed by atoms with Crippen molar-refractivity contribution < 1.29 is 23.9 Å². The molecule has 2 heterocycles. The van der Waals surface area contributed by atoms with E-state index in [1.54, 1.807) is 4.90 Å². The first-order chi connectivity index (χ1) is 9.58. The number of nitrogens with zero attached hydrogens (tertiary/aromatic N) is 1. The molecule has 20 heavy (non-hydrogen) atoms. The molecule has 7 heteroatoms. The number of hydrogen-bond donors (Lipinski definition) is 2. The van der Waals surface area contributed by atoms with E-state index in [1.807, 2.05) is 0 Å². The zero-order chi connectivity index (χ0) is 14.5. The van der Waals surface area contributed by atoms with Gasteiger partial charge in [-0.15, -0.1) is 0 Å². The summed E-state index contributed by atoms with van der Waals surface area (Å²) in [5.74, 6) is -2.09. The van der Waals surface area contributed by atoms with E-state index < -0.39 is 11.9 Å². The number of likely N-dealkylation sites (tertiary alicyclic amines) is 1. The third-order valence-electron chi connectivity index (χ3n) is 3.12. The van der Waals surface area contributed by atoms with Crippen LogP contribution in [0, 0.1) is 0 Å². The van der Waals surface area contributed by atoms with Crippen LogP contribution in [0.25, 0.3) is 0 Å². The molecule has 1 aromatic heterocycles. The third kappa shape index (κ3) is 3.37. The number of rotatable bonds is 5. The Hall–Kier alpha value is -2.31. The van der Waals surface area contributed by atoms with E-state index in [-0.39, 0.29) is 30.4 Å². The van der Waals surface area contributed by atoms with Gasteiger partial charge in [-0.3, -0.25) is 9.59 Å². The monoisotopic (exact) mass is 280 g/mol. The lowest BCUT2D eigenvalue weighted by Crippen LogP contribution is -2.32. The van der Waals surface area contributed by atoms with Gasteiger partial charge >= 0.3 is 5.97 Å². The summed E-state index contributed by atoms with van der Waals surface area (Å²) in [6.07, 6.45) is 2.29. The highest BCUT2D eigenvalue weighted by atomic mass is 16.4. The van der Waals surface area contributed by atoms with Gasteiger partial charge < -0.3 is 19.7 Å². The summed E-state index contributed by atoms with van der Waals surface area (Å²) < 4.78 is 4.86. The number of aromatic carboxylic acids is 1. The quantitative estimate of drug-likeness (QED) is 0.827. The summed E-state index contributed by atoms with van der Waals surface area (Å²) in [4.78, 5) is 35.8. The lowest BCUT2D eigenvalue weighted by atomic mass is 10.3. The molecule has 0 radical (unpaired) electrons. The van der Waals surface area contributed by atoms with Gasteiger partial charge in [-0.2, -0.15) is 0 Å². The number of carbonyl (C=O) groups excluding carboxylic acids is 2. The summed E-state index contributed by atoms with van der Waals surface area (Å²) in [6, 6.07) is 2.51. The number of carboxylic acid groups (broad SMARTS) is 1. The van der Waals surface area contributed by atoms with Gasteiger partial charge in [0.2, 0.25) is 11.7 Å². The summed E-state index contributed by atoms with van der Waals surface area (Å²) >= 11 is 0. The molecule has 0 bridgehead atoms. The van der Waals surface area contributed by atoms with Crippen molar-refractivity contribution in [2.75, 3.05) is 19.6 Å². The van der Waals surface area contributed by atoms with Gasteiger partial charge in [-0.25, -0.2) is 4.79 Å². The minimum atomic E-state index is -1.23. The highest BCUT2D eigenvalue weighted by Crippen LogP contribution is 2.09. The fourth-order valence-electron chi connectivity index (χ4n) is 2.07. The van der Waals surface area contributed by atoms with Gasteiger partial charge in [-0.05, 0) is 25.0 Å². The lowest BCUT2D eigenvalue weighted by Gasteiger charge is -2.14. The van der Waals surface area contributed by atoms with Crippen LogP contribution >= 0.6 is 0 Å². The van der Waals surface area contributed by atoms with E-state index >= 15 is 0 Å². The largest absolute Gasteiger partial charge is 0.475 e. The molecule has 0 spiro atoms. The molecule has 0 saturated carbocycles. The van der Waals surface area contributed by atoms with E-state index in [0.717, 1.165) is 25.9 Å². The molecule has 1 saturated heterocycles. The maximum atomic E-state index is 11.7. The van der Waals surface area contributed by atoms with E-state index in [4.69, 9.17) is 9.52 Å². The predicted octanol–water partition coefficient (Wildman–Crippen LogP) is 0.720. The second kappa shape index (κ2) is 6.23. The smallest absolute Gasteiger partial charge is 0.371 e. The Morgan fingerprint density at radius 1 is 1.20 bits per heavy atom. The standard InChI is InChI=1S/C13H16N2O5/c16-11(15-7-1-2-8-15)5-6-14-12(17)9-3-4-10(20-9)13(18)19/h3-4H,1-2,5-8H2,(H,14,17)(H,18,19). The van der Waals surface area contributed by atoms with E-state index in [9.17, 15) is 14.4 Å². The van der Waals surface area contributed by atoms with Gasteiger partial charge in [-0.1, -0.05) is 0 Å². The first-order valence-electron chi connectivity index (χ1n) is 6.47. The molecule has 2 rings (SSSR count). The van der Waals surface area contributed by atoms with E-state index in [0.29, 0.717) is 0 Å². The van der Waals surface area contributed by atoms with Crippen LogP contribution in [0.1, 0.15) is 40.4 Å². The maximum absolute atomic E-state index is 11.7. The minimum Gasteiger partial charge on any atom is -0.475 e. The summed E-state index contributed by atoms with van der Waals surface area (Å²) in [5, 5.41) is 11.2. The second-order valence-electron chi connectivity index (χ2n) is 4.56. The molecule has 0 aromatic carbocycles. The second-order valence-corrected chi connectivity index (χ2v) is 4.56. The van der Waals surface area contributed by atoms with Gasteiger partial charge in [0.25, 0.3) is 5.91 Å². The van der Waals surface area contributed by atoms with Crippen molar-refractivity contribution in [3.63, 3.8) is 0 Å². The number of furan rings is 1. The molecule has 2 amide bonds. The number of hydrogen-bond acceptors (Lipinski definition) is 4. The van der Waals surface area contributed by atoms with Crippen LogP contribution in [0.5, 0.6) is 0 Å². The Bertz CT molecular complexity index is 517. The first-order valence-corrected chi connectivity index (χ1v) is 6.47. The van der Waals surface area contributed by atoms with Gasteiger partial charge in [0.1, 0.15) is 0 Å². The summed E-state index contributed by atoms with van der Waals surface area (Å²) in [6.45, 7) is 1.77. The Kier molecular flexibility index (Phi) is 4.39. The fourth-order valence-corrected chi connectivity index (χ4v) is 2.07. The molecule has 2 N–H and O–H groups in total. The average molecular weight is 280 g/mol. The molecule has 1 fully saturated rings. The number of carboxylic acids is 1. The third-order valence-corrected chi connectivity index (χ3v) is 3.12. The van der Waals surface area contributed by atoms with E-state index in [1.165, 1.54) is 12.1 Å². The zero-order valence-corrected chi connectivity index (χ0v) is 10.9. The van der Waals surface area contributed by atoms with Crippen molar-refractivity contribution in [3.8, 4) is 0 Å². The Labute approximate surface area is 115 Å². The fraction of sp³-hybridized carbons (Fsp3) is 0.462. The van der Waals surface area contributed by atoms with Gasteiger partial charge in [0.15, 0.2) is 5.76 Å². The van der Waals surface area contributed by atoms with Crippen molar-refractivity contribution in [1.82, 2.24) is 10.2 Å². The van der Waals surface area contributed by atoms with Crippen LogP contribution in [0.2, 0.25) is 0 Å². The molecule has 1 aliphatic rings. The molecule has 0 aliphatic carbocycles. The number of nitrogens with one attached hydrogen (secondary N) is 1. The molecule has 7 nitrogen and oxygen atoms in total. The van der Waals surface area contributed by atoms with Crippen LogP contribution in [0.15, 0.2) is 16.5 Å². The van der Waals surface area contributed by atoms with Crippen molar-refractivity contribution in [2.45, 2.75) is 19.3 Å². The number of amides is 2. The lowest BCUT2D eigenvalue weighted by molar-refractivity contribution is -0.129. The molecule has 1 aromatic rings. The van der Waals surface area contributed by atoms with Crippen LogP contribution in [0.3, 0.4) is 0 Å². The van der Waals surface area contributed by atoms with E-state index in [2.05, 4.69) is 5.32 Å². The number of carbonyl (C=O) groups is 3. The minimum absolute atomic E-state index is 0.0217. The predicted molar refractivity (Wildman–Crippen MR) is 68.4 cm³/mol. The Morgan fingerprint density at radius 2 is 1.85 bits per heavy atom. The SMILES string of the molecule is O=C(O)c1ccc(C(=O)NCCC(=O)N2CCCC2)o1. The first kappa shape index (κ1) is 14.1. The molecule has 108 valence electrons. The normalized spacial score (nSPS) is 14.3. The van der Waals surface area contributed by atoms with Crippen LogP contribution < -0.4 is 5.32 Å². The summed E-state index contributed by atoms with van der Waals surface area (Å²) in [7, 11) is 0. The van der Waals surface area contributed by atoms with Gasteiger partial charge in [0.05, 0.1) is 0 Å². The highest BCUT2D eigenvalue weighted by molar-refractivity contribution is 5.93. The molecular weight excluding hydrogens is 264 g/mol. The average Bonchev–Trinajstić information content (AvgIpc) is 3.09. The summed E-state index contributed by atoms with van der Waals surface area (Å²) in [5.41, 5.74) is 0. The Morgan fingerprint density at radius 3 is 2.45 bits per heavy atom. The molecule has 0 atom stereocenters. The topological polar surface area (TPSA) is 99.8 Å². The zero-order valence-electron chi connectivity index (χ0n) is 10.9. The van der Waals surface area contributed by atoms with Crippen LogP contribution in [-0.4, -0.2) is 47.4 Å². The molecule has 0 unspecified atom stereocenters. The van der Waals surface area contributed by atoms with Crippen molar-refractivity contribution in [1.29, 1.82) is 0 Å². The maximum Gasteiger partial charge on any atom is 0.371 e. The van der Waals surface area contributed by atoms with Crippen molar-refractivity contribution in [2.24, 2.45) is 0 Å². The van der Waals surface area contributed by atoms with Crippen LogP contribution in [0.4, 0.5) is 0 Å². The van der Waals surface area contributed by atoms with Crippen molar-refractivity contribution in [3.05, 3.63) is 23.7 Å². The molecular formula is C13H16N2O5.